The summed E-state index contributed by atoms with van der Waals surface area (Å²) in [5, 5.41) is 33.8. The number of carbonyl (C=O) groups excluding carboxylic acids is 1. The molecule has 3 rings (SSSR count). The van der Waals surface area contributed by atoms with Crippen LogP contribution in [-0.4, -0.2) is 51.6 Å². The Morgan fingerprint density at radius 2 is 2.33 bits per heavy atom. The van der Waals surface area contributed by atoms with Crippen molar-refractivity contribution in [2.45, 2.75) is 25.5 Å². The second-order valence-corrected chi connectivity index (χ2v) is 5.89. The lowest BCUT2D eigenvalue weighted by atomic mass is 9.83. The van der Waals surface area contributed by atoms with E-state index in [1.54, 1.807) is 6.07 Å². The van der Waals surface area contributed by atoms with Crippen molar-refractivity contribution < 1.29 is 28.9 Å². The second-order valence-electron chi connectivity index (χ2n) is 5.89. The number of halogens is 1. The van der Waals surface area contributed by atoms with E-state index in [-0.39, 0.29) is 42.4 Å². The number of aliphatic hydroxyl groups is 1. The number of hydrogen-bond donors (Lipinski definition) is 4. The van der Waals surface area contributed by atoms with Crippen molar-refractivity contribution in [2.75, 3.05) is 13.2 Å². The van der Waals surface area contributed by atoms with Gasteiger partial charge in [-0.2, -0.15) is 0 Å². The zero-order chi connectivity index (χ0) is 19.4. The van der Waals surface area contributed by atoms with Crippen molar-refractivity contribution in [3.05, 3.63) is 40.8 Å². The molecule has 0 spiro atoms. The van der Waals surface area contributed by atoms with Gasteiger partial charge in [0.1, 0.15) is 5.82 Å². The molecule has 4 N–H and O–H groups in total. The average molecular weight is 379 g/mol. The summed E-state index contributed by atoms with van der Waals surface area (Å²) in [4.78, 5) is 11.8. The van der Waals surface area contributed by atoms with E-state index in [2.05, 4.69) is 30.7 Å². The number of hydrogen-bond acceptors (Lipinski definition) is 8. The molecule has 0 saturated carbocycles. The number of fused-ring (bicyclic) bond motifs is 1. The van der Waals surface area contributed by atoms with Crippen LogP contribution in [0, 0.1) is 5.82 Å². The van der Waals surface area contributed by atoms with Gasteiger partial charge in [0.05, 0.1) is 12.6 Å². The van der Waals surface area contributed by atoms with Crippen LogP contribution in [-0.2, 0) is 11.2 Å². The topological polar surface area (TPSA) is 142 Å². The minimum absolute atomic E-state index is 0.0378. The Balaban J connectivity index is 1.69. The number of aliphatic hydroxyl groups excluding tert-OH is 1. The number of amides is 1. The SMILES string of the molecule is CC(Oc1nonc1/C(=N/O)NC1Cc2ccc(F)cc21)C(=O)NCCO. The Morgan fingerprint density at radius 3 is 3.07 bits per heavy atom. The zero-order valence-corrected chi connectivity index (χ0v) is 14.3. The third-order valence-electron chi connectivity index (χ3n) is 4.07. The molecular weight excluding hydrogens is 361 g/mol. The van der Waals surface area contributed by atoms with Gasteiger partial charge in [0.25, 0.3) is 11.8 Å². The van der Waals surface area contributed by atoms with Crippen LogP contribution >= 0.6 is 0 Å². The first-order chi connectivity index (χ1) is 13.0. The van der Waals surface area contributed by atoms with Crippen molar-refractivity contribution in [1.29, 1.82) is 0 Å². The summed E-state index contributed by atoms with van der Waals surface area (Å²) in [6, 6.07) is 4.19. The summed E-state index contributed by atoms with van der Waals surface area (Å²) in [6.07, 6.45) is -0.351. The summed E-state index contributed by atoms with van der Waals surface area (Å²) in [7, 11) is 0. The first kappa shape index (κ1) is 18.6. The Bertz CT molecular complexity index is 855. The molecule has 1 aliphatic carbocycles. The highest BCUT2D eigenvalue weighted by molar-refractivity contribution is 5.98. The molecule has 2 atom stereocenters. The van der Waals surface area contributed by atoms with Gasteiger partial charge in [-0.05, 0) is 46.9 Å². The molecule has 11 heteroatoms. The fraction of sp³-hybridized carbons (Fsp3) is 0.375. The summed E-state index contributed by atoms with van der Waals surface area (Å²) >= 11 is 0. The normalized spacial score (nSPS) is 16.9. The van der Waals surface area contributed by atoms with E-state index < -0.39 is 12.0 Å². The van der Waals surface area contributed by atoms with E-state index in [0.717, 1.165) is 11.1 Å². The van der Waals surface area contributed by atoms with Crippen molar-refractivity contribution in [3.63, 3.8) is 0 Å². The maximum atomic E-state index is 13.4. The van der Waals surface area contributed by atoms with E-state index in [4.69, 9.17) is 9.84 Å². The Morgan fingerprint density at radius 1 is 1.52 bits per heavy atom. The second kappa shape index (κ2) is 7.99. The summed E-state index contributed by atoms with van der Waals surface area (Å²) in [5.41, 5.74) is 1.69. The smallest absolute Gasteiger partial charge is 0.288 e. The molecule has 1 aromatic heterocycles. The fourth-order valence-electron chi connectivity index (χ4n) is 2.66. The molecule has 1 amide bonds. The predicted molar refractivity (Wildman–Crippen MR) is 88.8 cm³/mol. The van der Waals surface area contributed by atoms with Gasteiger partial charge >= 0.3 is 0 Å². The molecule has 144 valence electrons. The molecule has 0 radical (unpaired) electrons. The monoisotopic (exact) mass is 379 g/mol. The van der Waals surface area contributed by atoms with Crippen molar-refractivity contribution in [1.82, 2.24) is 20.9 Å². The molecule has 1 aromatic carbocycles. The maximum absolute atomic E-state index is 13.4. The third-order valence-corrected chi connectivity index (χ3v) is 4.07. The van der Waals surface area contributed by atoms with Crippen LogP contribution in [0.15, 0.2) is 28.0 Å². The van der Waals surface area contributed by atoms with Crippen LogP contribution in [0.1, 0.15) is 29.8 Å². The molecule has 10 nitrogen and oxygen atoms in total. The number of carbonyl (C=O) groups is 1. The zero-order valence-electron chi connectivity index (χ0n) is 14.3. The van der Waals surface area contributed by atoms with Gasteiger partial charge in [0, 0.05) is 6.54 Å². The van der Waals surface area contributed by atoms with Crippen LogP contribution in [0.25, 0.3) is 0 Å². The molecule has 0 bridgehead atoms. The number of oxime groups is 1. The van der Waals surface area contributed by atoms with Gasteiger partial charge in [0.15, 0.2) is 6.10 Å². The molecule has 2 unspecified atom stereocenters. The van der Waals surface area contributed by atoms with Gasteiger partial charge in [-0.15, -0.1) is 0 Å². The Kier molecular flexibility index (Phi) is 5.50. The predicted octanol–water partition coefficient (Wildman–Crippen LogP) is 0.107. The number of nitrogens with zero attached hydrogens (tertiary/aromatic N) is 3. The molecular formula is C16H18FN5O5. The fourth-order valence-corrected chi connectivity index (χ4v) is 2.66. The van der Waals surface area contributed by atoms with E-state index in [9.17, 15) is 14.4 Å². The van der Waals surface area contributed by atoms with Gasteiger partial charge in [0.2, 0.25) is 11.5 Å². The summed E-state index contributed by atoms with van der Waals surface area (Å²) in [5.74, 6) is -1.08. The molecule has 1 heterocycles. The highest BCUT2D eigenvalue weighted by Crippen LogP contribution is 2.34. The Labute approximate surface area is 153 Å². The first-order valence-electron chi connectivity index (χ1n) is 8.18. The minimum Gasteiger partial charge on any atom is -0.461 e. The minimum atomic E-state index is -0.958. The summed E-state index contributed by atoms with van der Waals surface area (Å²) in [6.45, 7) is 1.35. The van der Waals surface area contributed by atoms with Crippen LogP contribution in [0.5, 0.6) is 5.88 Å². The number of nitrogens with one attached hydrogen (secondary N) is 2. The standard InChI is InChI=1S/C16H18FN5O5/c1-8(15(24)18-4-5-23)26-16-13(21-27-22-16)14(20-25)19-12-6-9-2-3-10(17)7-11(9)12/h2-3,7-8,12,23,25H,4-6H2,1H3,(H,18,24)(H,19,20). The number of amidine groups is 1. The molecule has 2 aromatic rings. The summed E-state index contributed by atoms with van der Waals surface area (Å²) < 4.78 is 23.4. The molecule has 1 aliphatic rings. The number of benzene rings is 1. The van der Waals surface area contributed by atoms with Crippen molar-refractivity contribution in [2.24, 2.45) is 5.16 Å². The van der Waals surface area contributed by atoms with E-state index in [0.29, 0.717) is 6.42 Å². The number of ether oxygens (including phenoxy) is 1. The largest absolute Gasteiger partial charge is 0.461 e. The maximum Gasteiger partial charge on any atom is 0.288 e. The van der Waals surface area contributed by atoms with Crippen LogP contribution in [0.3, 0.4) is 0 Å². The van der Waals surface area contributed by atoms with Gasteiger partial charge in [-0.1, -0.05) is 11.2 Å². The van der Waals surface area contributed by atoms with Crippen molar-refractivity contribution in [3.8, 4) is 5.88 Å². The Hall–Kier alpha value is -3.21. The lowest BCUT2D eigenvalue weighted by Crippen LogP contribution is -2.39. The van der Waals surface area contributed by atoms with Crippen LogP contribution in [0.2, 0.25) is 0 Å². The molecule has 27 heavy (non-hydrogen) atoms. The first-order valence-corrected chi connectivity index (χ1v) is 8.18. The number of rotatable bonds is 7. The van der Waals surface area contributed by atoms with Crippen LogP contribution < -0.4 is 15.4 Å². The van der Waals surface area contributed by atoms with E-state index in [1.165, 1.54) is 19.1 Å². The number of aromatic nitrogens is 2. The van der Waals surface area contributed by atoms with Gasteiger partial charge < -0.3 is 25.7 Å². The van der Waals surface area contributed by atoms with Crippen LogP contribution in [0.4, 0.5) is 4.39 Å². The lowest BCUT2D eigenvalue weighted by Gasteiger charge is -2.31. The van der Waals surface area contributed by atoms with E-state index >= 15 is 0 Å². The molecule has 0 fully saturated rings. The van der Waals surface area contributed by atoms with Crippen molar-refractivity contribution >= 4 is 11.7 Å². The molecule has 0 saturated heterocycles. The third kappa shape index (κ3) is 3.97. The van der Waals surface area contributed by atoms with Gasteiger partial charge in [-0.3, -0.25) is 4.79 Å². The quantitative estimate of drug-likeness (QED) is 0.230. The highest BCUT2D eigenvalue weighted by Gasteiger charge is 2.31. The average Bonchev–Trinajstić information content (AvgIpc) is 3.10. The lowest BCUT2D eigenvalue weighted by molar-refractivity contribution is -0.127. The molecule has 0 aliphatic heterocycles. The van der Waals surface area contributed by atoms with Gasteiger partial charge in [-0.25, -0.2) is 9.02 Å². The van der Waals surface area contributed by atoms with E-state index in [1.807, 2.05) is 0 Å². The highest BCUT2D eigenvalue weighted by atomic mass is 19.1.